The summed E-state index contributed by atoms with van der Waals surface area (Å²) in [5.74, 6) is -1.17. The van der Waals surface area contributed by atoms with Crippen molar-refractivity contribution in [3.63, 3.8) is 0 Å². The molecule has 0 aliphatic carbocycles. The summed E-state index contributed by atoms with van der Waals surface area (Å²) in [5, 5.41) is 3.22. The van der Waals surface area contributed by atoms with Crippen LogP contribution in [0.25, 0.3) is 0 Å². The van der Waals surface area contributed by atoms with E-state index in [2.05, 4.69) is 5.32 Å². The molecular formula is C9H8F2N2S. The van der Waals surface area contributed by atoms with Gasteiger partial charge in [0.15, 0.2) is 5.11 Å². The summed E-state index contributed by atoms with van der Waals surface area (Å²) in [6.45, 7) is 1.11. The summed E-state index contributed by atoms with van der Waals surface area (Å²) >= 11 is 4.92. The van der Waals surface area contributed by atoms with Gasteiger partial charge in [-0.2, -0.15) is 0 Å². The van der Waals surface area contributed by atoms with Crippen LogP contribution in [0.5, 0.6) is 0 Å². The number of rotatable bonds is 1. The highest BCUT2D eigenvalue weighted by molar-refractivity contribution is 7.80. The third-order valence-electron chi connectivity index (χ3n) is 2.06. The molecule has 2 nitrogen and oxygen atoms in total. The van der Waals surface area contributed by atoms with Gasteiger partial charge in [-0.05, 0) is 24.4 Å². The number of hydrogen-bond acceptors (Lipinski definition) is 1. The molecule has 0 spiro atoms. The zero-order valence-electron chi connectivity index (χ0n) is 7.26. The number of nitrogens with one attached hydrogen (secondary N) is 1. The number of nitrogens with zero attached hydrogens (tertiary/aromatic N) is 1. The van der Waals surface area contributed by atoms with Gasteiger partial charge >= 0.3 is 0 Å². The molecule has 1 N–H and O–H groups in total. The monoisotopic (exact) mass is 214 g/mol. The van der Waals surface area contributed by atoms with Crippen LogP contribution in [-0.4, -0.2) is 18.2 Å². The van der Waals surface area contributed by atoms with E-state index in [0.717, 1.165) is 0 Å². The highest BCUT2D eigenvalue weighted by atomic mass is 32.1. The van der Waals surface area contributed by atoms with E-state index in [9.17, 15) is 8.78 Å². The molecule has 0 aromatic heterocycles. The van der Waals surface area contributed by atoms with Crippen LogP contribution in [-0.2, 0) is 0 Å². The lowest BCUT2D eigenvalue weighted by Gasteiger charge is -2.17. The van der Waals surface area contributed by atoms with Gasteiger partial charge in [-0.3, -0.25) is 0 Å². The smallest absolute Gasteiger partial charge is 0.173 e. The Hall–Kier alpha value is -1.23. The number of para-hydroxylation sites is 1. The molecule has 0 radical (unpaired) electrons. The first-order chi connectivity index (χ1) is 6.70. The van der Waals surface area contributed by atoms with E-state index < -0.39 is 11.6 Å². The van der Waals surface area contributed by atoms with E-state index in [-0.39, 0.29) is 5.69 Å². The molecule has 74 valence electrons. The Kier molecular flexibility index (Phi) is 2.33. The Morgan fingerprint density at radius 1 is 1.29 bits per heavy atom. The van der Waals surface area contributed by atoms with Crippen LogP contribution in [0.4, 0.5) is 14.5 Å². The van der Waals surface area contributed by atoms with E-state index in [1.807, 2.05) is 0 Å². The molecule has 1 aromatic rings. The summed E-state index contributed by atoms with van der Waals surface area (Å²) in [6.07, 6.45) is 0. The van der Waals surface area contributed by atoms with E-state index in [0.29, 0.717) is 18.2 Å². The van der Waals surface area contributed by atoms with Crippen molar-refractivity contribution < 1.29 is 8.78 Å². The van der Waals surface area contributed by atoms with Crippen LogP contribution in [0.15, 0.2) is 18.2 Å². The quantitative estimate of drug-likeness (QED) is 0.716. The molecule has 0 atom stereocenters. The third-order valence-corrected chi connectivity index (χ3v) is 2.43. The van der Waals surface area contributed by atoms with Gasteiger partial charge in [-0.1, -0.05) is 6.07 Å². The number of hydrogen-bond donors (Lipinski definition) is 1. The van der Waals surface area contributed by atoms with Crippen molar-refractivity contribution in [3.8, 4) is 0 Å². The fraction of sp³-hybridized carbons (Fsp3) is 0.222. The second-order valence-electron chi connectivity index (χ2n) is 2.95. The molecule has 14 heavy (non-hydrogen) atoms. The second-order valence-corrected chi connectivity index (χ2v) is 3.34. The fourth-order valence-corrected chi connectivity index (χ4v) is 1.72. The molecule has 0 saturated carbocycles. The van der Waals surface area contributed by atoms with Crippen molar-refractivity contribution in [1.82, 2.24) is 5.32 Å². The summed E-state index contributed by atoms with van der Waals surface area (Å²) < 4.78 is 26.6. The summed E-state index contributed by atoms with van der Waals surface area (Å²) in [4.78, 5) is 1.43. The third kappa shape index (κ3) is 1.43. The molecule has 1 heterocycles. The lowest BCUT2D eigenvalue weighted by atomic mass is 10.2. The summed E-state index contributed by atoms with van der Waals surface area (Å²) in [6, 6.07) is 3.78. The Morgan fingerprint density at radius 2 is 1.93 bits per heavy atom. The summed E-state index contributed by atoms with van der Waals surface area (Å²) in [7, 11) is 0. The maximum absolute atomic E-state index is 13.3. The van der Waals surface area contributed by atoms with Crippen LogP contribution in [0.3, 0.4) is 0 Å². The SMILES string of the molecule is Fc1cccc(F)c1N1CCNC1=S. The van der Waals surface area contributed by atoms with E-state index in [4.69, 9.17) is 12.2 Å². The predicted octanol–water partition coefficient (Wildman–Crippen LogP) is 1.66. The first kappa shape index (κ1) is 9.33. The molecule has 1 aromatic carbocycles. The minimum Gasteiger partial charge on any atom is -0.360 e. The van der Waals surface area contributed by atoms with Gasteiger partial charge in [-0.15, -0.1) is 0 Å². The number of thiocarbonyl (C=S) groups is 1. The molecule has 0 unspecified atom stereocenters. The standard InChI is InChI=1S/C9H8F2N2S/c10-6-2-1-3-7(11)8(6)13-5-4-12-9(13)14/h1-3H,4-5H2,(H,12,14). The molecule has 1 aliphatic rings. The lowest BCUT2D eigenvalue weighted by Crippen LogP contribution is -2.29. The zero-order valence-corrected chi connectivity index (χ0v) is 8.07. The number of benzene rings is 1. The largest absolute Gasteiger partial charge is 0.360 e. The second kappa shape index (κ2) is 3.49. The molecule has 0 bridgehead atoms. The average molecular weight is 214 g/mol. The Morgan fingerprint density at radius 3 is 2.43 bits per heavy atom. The summed E-state index contributed by atoms with van der Waals surface area (Å²) in [5.41, 5.74) is -0.0671. The maximum atomic E-state index is 13.3. The van der Waals surface area contributed by atoms with Gasteiger partial charge in [0.05, 0.1) is 0 Å². The first-order valence-electron chi connectivity index (χ1n) is 4.19. The van der Waals surface area contributed by atoms with Crippen molar-refractivity contribution in [1.29, 1.82) is 0 Å². The minimum absolute atomic E-state index is 0.0671. The highest BCUT2D eigenvalue weighted by Crippen LogP contribution is 2.24. The van der Waals surface area contributed by atoms with Crippen molar-refractivity contribution >= 4 is 23.0 Å². The molecule has 2 rings (SSSR count). The topological polar surface area (TPSA) is 15.3 Å². The molecular weight excluding hydrogens is 206 g/mol. The highest BCUT2D eigenvalue weighted by Gasteiger charge is 2.23. The van der Waals surface area contributed by atoms with Crippen molar-refractivity contribution in [2.24, 2.45) is 0 Å². The molecule has 0 amide bonds. The van der Waals surface area contributed by atoms with Crippen molar-refractivity contribution in [2.75, 3.05) is 18.0 Å². The van der Waals surface area contributed by atoms with Crippen molar-refractivity contribution in [2.45, 2.75) is 0 Å². The number of anilines is 1. The minimum atomic E-state index is -0.587. The molecule has 1 fully saturated rings. The van der Waals surface area contributed by atoms with Gasteiger partial charge in [0.1, 0.15) is 17.3 Å². The zero-order chi connectivity index (χ0) is 10.1. The van der Waals surface area contributed by atoms with Crippen molar-refractivity contribution in [3.05, 3.63) is 29.8 Å². The maximum Gasteiger partial charge on any atom is 0.173 e. The van der Waals surface area contributed by atoms with Crippen LogP contribution in [0, 0.1) is 11.6 Å². The first-order valence-corrected chi connectivity index (χ1v) is 4.60. The molecule has 1 aliphatic heterocycles. The van der Waals surface area contributed by atoms with Crippen LogP contribution in [0.1, 0.15) is 0 Å². The fourth-order valence-electron chi connectivity index (χ4n) is 1.43. The number of halogens is 2. The predicted molar refractivity (Wildman–Crippen MR) is 54.3 cm³/mol. The van der Waals surface area contributed by atoms with Gasteiger partial charge in [0, 0.05) is 13.1 Å². The van der Waals surface area contributed by atoms with Gasteiger partial charge < -0.3 is 10.2 Å². The van der Waals surface area contributed by atoms with Gasteiger partial charge in [0.25, 0.3) is 0 Å². The Balaban J connectivity index is 2.44. The van der Waals surface area contributed by atoms with E-state index in [1.165, 1.54) is 23.1 Å². The van der Waals surface area contributed by atoms with Gasteiger partial charge in [-0.25, -0.2) is 8.78 Å². The van der Waals surface area contributed by atoms with E-state index >= 15 is 0 Å². The van der Waals surface area contributed by atoms with Gasteiger partial charge in [0.2, 0.25) is 0 Å². The molecule has 5 heteroatoms. The Labute approximate surface area is 85.5 Å². The normalized spacial score (nSPS) is 15.9. The average Bonchev–Trinajstić information content (AvgIpc) is 2.52. The van der Waals surface area contributed by atoms with E-state index in [1.54, 1.807) is 0 Å². The van der Waals surface area contributed by atoms with Crippen LogP contribution in [0.2, 0.25) is 0 Å². The van der Waals surface area contributed by atoms with Crippen LogP contribution >= 0.6 is 12.2 Å². The molecule has 1 saturated heterocycles. The Bertz CT molecular complexity index is 361. The lowest BCUT2D eigenvalue weighted by molar-refractivity contribution is 0.584. The van der Waals surface area contributed by atoms with Crippen LogP contribution < -0.4 is 10.2 Å².